The van der Waals surface area contributed by atoms with Crippen LogP contribution < -0.4 is 0 Å². The Morgan fingerprint density at radius 2 is 1.96 bits per heavy atom. The van der Waals surface area contributed by atoms with Crippen LogP contribution in [0.5, 0.6) is 0 Å². The van der Waals surface area contributed by atoms with Gasteiger partial charge in [0.15, 0.2) is 6.61 Å². The van der Waals surface area contributed by atoms with E-state index in [-0.39, 0.29) is 18.2 Å². The number of benzene rings is 1. The summed E-state index contributed by atoms with van der Waals surface area (Å²) in [6.45, 7) is 7.97. The Labute approximate surface area is 140 Å². The van der Waals surface area contributed by atoms with Crippen molar-refractivity contribution < 1.29 is 19.2 Å². The summed E-state index contributed by atoms with van der Waals surface area (Å²) in [7, 11) is 0. The van der Waals surface area contributed by atoms with Gasteiger partial charge < -0.3 is 9.64 Å². The van der Waals surface area contributed by atoms with Crippen LogP contribution in [0.3, 0.4) is 0 Å². The lowest BCUT2D eigenvalue weighted by atomic mass is 10.2. The van der Waals surface area contributed by atoms with Gasteiger partial charge in [-0.25, -0.2) is 4.79 Å². The fourth-order valence-electron chi connectivity index (χ4n) is 1.85. The predicted molar refractivity (Wildman–Crippen MR) is 90.2 cm³/mol. The Hall–Kier alpha value is -2.96. The van der Waals surface area contributed by atoms with Crippen LogP contribution in [0.4, 0.5) is 5.69 Å². The van der Waals surface area contributed by atoms with Gasteiger partial charge in [0, 0.05) is 31.3 Å². The number of carbonyl (C=O) groups is 2. The second-order valence-corrected chi connectivity index (χ2v) is 5.15. The zero-order valence-electron chi connectivity index (χ0n) is 13.7. The van der Waals surface area contributed by atoms with Gasteiger partial charge in [-0.05, 0) is 37.6 Å². The minimum Gasteiger partial charge on any atom is -0.452 e. The summed E-state index contributed by atoms with van der Waals surface area (Å²) in [5.41, 5.74) is 1.42. The topological polar surface area (TPSA) is 89.8 Å². The molecule has 7 nitrogen and oxygen atoms in total. The van der Waals surface area contributed by atoms with E-state index in [0.29, 0.717) is 18.7 Å². The molecule has 0 bridgehead atoms. The Morgan fingerprint density at radius 3 is 2.46 bits per heavy atom. The van der Waals surface area contributed by atoms with Crippen molar-refractivity contribution in [2.75, 3.05) is 19.7 Å². The van der Waals surface area contributed by atoms with E-state index in [0.717, 1.165) is 5.57 Å². The maximum atomic E-state index is 11.9. The molecule has 128 valence electrons. The van der Waals surface area contributed by atoms with Gasteiger partial charge in [-0.15, -0.1) is 0 Å². The van der Waals surface area contributed by atoms with E-state index in [1.807, 2.05) is 13.8 Å². The van der Waals surface area contributed by atoms with Crippen molar-refractivity contribution >= 4 is 23.6 Å². The highest BCUT2D eigenvalue weighted by Crippen LogP contribution is 2.12. The Morgan fingerprint density at radius 1 is 1.33 bits per heavy atom. The molecule has 1 rings (SSSR count). The van der Waals surface area contributed by atoms with E-state index in [9.17, 15) is 19.7 Å². The normalized spacial score (nSPS) is 10.4. The molecule has 0 fully saturated rings. The van der Waals surface area contributed by atoms with E-state index < -0.39 is 10.9 Å². The van der Waals surface area contributed by atoms with Crippen molar-refractivity contribution in [2.45, 2.75) is 13.8 Å². The molecule has 0 N–H and O–H groups in total. The molecule has 0 atom stereocenters. The summed E-state index contributed by atoms with van der Waals surface area (Å²) in [6.07, 6.45) is 2.63. The fraction of sp³-hybridized carbons (Fsp3) is 0.294. The van der Waals surface area contributed by atoms with Crippen LogP contribution in [0, 0.1) is 10.1 Å². The number of ether oxygens (including phenoxy) is 1. The molecular formula is C17H20N2O5. The molecule has 0 aromatic heterocycles. The molecule has 1 aromatic rings. The Kier molecular flexibility index (Phi) is 7.35. The first-order valence-corrected chi connectivity index (χ1v) is 7.35. The van der Waals surface area contributed by atoms with Crippen LogP contribution in [0.1, 0.15) is 19.4 Å². The van der Waals surface area contributed by atoms with Crippen molar-refractivity contribution in [2.24, 2.45) is 0 Å². The third-order valence-corrected chi connectivity index (χ3v) is 3.05. The van der Waals surface area contributed by atoms with E-state index in [1.54, 1.807) is 0 Å². The van der Waals surface area contributed by atoms with Crippen molar-refractivity contribution in [3.05, 3.63) is 58.2 Å². The molecule has 0 heterocycles. The summed E-state index contributed by atoms with van der Waals surface area (Å²) >= 11 is 0. The van der Waals surface area contributed by atoms with Gasteiger partial charge in [0.1, 0.15) is 0 Å². The second kappa shape index (κ2) is 9.24. The third-order valence-electron chi connectivity index (χ3n) is 3.05. The maximum absolute atomic E-state index is 11.9. The lowest BCUT2D eigenvalue weighted by Crippen LogP contribution is -2.35. The summed E-state index contributed by atoms with van der Waals surface area (Å²) in [5, 5.41) is 10.5. The fourth-order valence-corrected chi connectivity index (χ4v) is 1.85. The Balaban J connectivity index is 2.52. The van der Waals surface area contributed by atoms with E-state index in [2.05, 4.69) is 6.58 Å². The number of carbonyl (C=O) groups excluding carboxylic acids is 2. The molecule has 1 aromatic carbocycles. The minimum absolute atomic E-state index is 0.0301. The van der Waals surface area contributed by atoms with Crippen molar-refractivity contribution in [1.29, 1.82) is 0 Å². The zero-order valence-corrected chi connectivity index (χ0v) is 13.7. The molecule has 0 aliphatic heterocycles. The van der Waals surface area contributed by atoms with Gasteiger partial charge in [0.05, 0.1) is 4.92 Å². The molecule has 24 heavy (non-hydrogen) atoms. The molecule has 0 unspecified atom stereocenters. The predicted octanol–water partition coefficient (Wildman–Crippen LogP) is 2.58. The summed E-state index contributed by atoms with van der Waals surface area (Å²) in [6, 6.07) is 5.70. The molecule has 0 aliphatic carbocycles. The lowest BCUT2D eigenvalue weighted by Gasteiger charge is -2.20. The summed E-state index contributed by atoms with van der Waals surface area (Å²) < 4.78 is 4.90. The molecular weight excluding hydrogens is 312 g/mol. The standard InChI is InChI=1S/C17H20N2O5/c1-4-18(11-13(2)3)16(20)12-24-17(21)10-7-14-5-8-15(9-6-14)19(22)23/h5-10H,2,4,11-12H2,1,3H3/b10-7+. The number of esters is 1. The number of nitrogens with zero attached hydrogens (tertiary/aromatic N) is 2. The monoisotopic (exact) mass is 332 g/mol. The first kappa shape index (κ1) is 19.1. The number of rotatable bonds is 8. The largest absolute Gasteiger partial charge is 0.452 e. The third kappa shape index (κ3) is 6.43. The zero-order chi connectivity index (χ0) is 18.1. The number of hydrogen-bond acceptors (Lipinski definition) is 5. The van der Waals surface area contributed by atoms with Gasteiger partial charge in [-0.1, -0.05) is 12.2 Å². The first-order chi connectivity index (χ1) is 11.3. The van der Waals surface area contributed by atoms with Crippen LogP contribution in [-0.2, 0) is 14.3 Å². The van der Waals surface area contributed by atoms with Crippen molar-refractivity contribution in [3.8, 4) is 0 Å². The Bertz CT molecular complexity index is 649. The van der Waals surface area contributed by atoms with E-state index >= 15 is 0 Å². The molecule has 0 saturated heterocycles. The smallest absolute Gasteiger partial charge is 0.331 e. The highest BCUT2D eigenvalue weighted by molar-refractivity contribution is 5.89. The van der Waals surface area contributed by atoms with Crippen molar-refractivity contribution in [1.82, 2.24) is 4.90 Å². The average molecular weight is 332 g/mol. The van der Waals surface area contributed by atoms with Gasteiger partial charge in [-0.3, -0.25) is 14.9 Å². The average Bonchev–Trinajstić information content (AvgIpc) is 2.55. The number of amides is 1. The highest BCUT2D eigenvalue weighted by atomic mass is 16.6. The summed E-state index contributed by atoms with van der Waals surface area (Å²) in [5.74, 6) is -0.953. The minimum atomic E-state index is -0.659. The number of non-ortho nitro benzene ring substituents is 1. The van der Waals surface area contributed by atoms with Gasteiger partial charge in [0.25, 0.3) is 11.6 Å². The van der Waals surface area contributed by atoms with Crippen molar-refractivity contribution in [3.63, 3.8) is 0 Å². The van der Waals surface area contributed by atoms with Crippen LogP contribution in [0.2, 0.25) is 0 Å². The number of hydrogen-bond donors (Lipinski definition) is 0. The molecule has 0 spiro atoms. The maximum Gasteiger partial charge on any atom is 0.331 e. The van der Waals surface area contributed by atoms with Crippen LogP contribution in [-0.4, -0.2) is 41.4 Å². The first-order valence-electron chi connectivity index (χ1n) is 7.35. The summed E-state index contributed by atoms with van der Waals surface area (Å²) in [4.78, 5) is 35.1. The van der Waals surface area contributed by atoms with Gasteiger partial charge >= 0.3 is 5.97 Å². The quantitative estimate of drug-likeness (QED) is 0.240. The van der Waals surface area contributed by atoms with E-state index in [4.69, 9.17) is 4.74 Å². The molecule has 1 amide bonds. The lowest BCUT2D eigenvalue weighted by molar-refractivity contribution is -0.384. The molecule has 0 aliphatic rings. The molecule has 0 saturated carbocycles. The second-order valence-electron chi connectivity index (χ2n) is 5.15. The highest BCUT2D eigenvalue weighted by Gasteiger charge is 2.13. The van der Waals surface area contributed by atoms with Crippen LogP contribution in [0.15, 0.2) is 42.5 Å². The number of likely N-dealkylation sites (N-methyl/N-ethyl adjacent to an activating group) is 1. The van der Waals surface area contributed by atoms with Gasteiger partial charge in [0.2, 0.25) is 0 Å². The number of nitro benzene ring substituents is 1. The molecule has 7 heteroatoms. The molecule has 0 radical (unpaired) electrons. The van der Waals surface area contributed by atoms with Crippen LogP contribution >= 0.6 is 0 Å². The van der Waals surface area contributed by atoms with Crippen LogP contribution in [0.25, 0.3) is 6.08 Å². The SMILES string of the molecule is C=C(C)CN(CC)C(=O)COC(=O)/C=C/c1ccc([N+](=O)[O-])cc1. The van der Waals surface area contributed by atoms with E-state index in [1.165, 1.54) is 41.3 Å². The van der Waals surface area contributed by atoms with Gasteiger partial charge in [-0.2, -0.15) is 0 Å². The number of nitro groups is 1.